The van der Waals surface area contributed by atoms with Crippen LogP contribution in [-0.4, -0.2) is 101 Å². The Hall–Kier alpha value is -7.43. The quantitative estimate of drug-likeness (QED) is 0.153. The fourth-order valence-corrected chi connectivity index (χ4v) is 7.98. The molecule has 9 rings (SSSR count). The highest BCUT2D eigenvalue weighted by atomic mass is 16.5. The average molecular weight is 782 g/mol. The Labute approximate surface area is 332 Å². The lowest BCUT2D eigenvalue weighted by molar-refractivity contribution is -0.125. The number of fused-ring (bicyclic) bond motifs is 3. The number of anilines is 3. The summed E-state index contributed by atoms with van der Waals surface area (Å²) < 4.78 is 15.0. The number of H-pyrrole nitrogens is 1. The summed E-state index contributed by atoms with van der Waals surface area (Å²) in [6.07, 6.45) is 11.4. The number of aromatic nitrogens is 8. The lowest BCUT2D eigenvalue weighted by Gasteiger charge is -2.15. The molecule has 2 aromatic carbocycles. The Morgan fingerprint density at radius 1 is 0.724 bits per heavy atom. The van der Waals surface area contributed by atoms with Gasteiger partial charge in [0.15, 0.2) is 5.82 Å². The molecule has 7 aromatic rings. The molecule has 2 aliphatic rings. The van der Waals surface area contributed by atoms with E-state index >= 15 is 0 Å². The number of nitrogens with zero attached hydrogens (tertiary/aromatic N) is 9. The molecular formula is C41H43N13O4. The van der Waals surface area contributed by atoms with Gasteiger partial charge >= 0.3 is 0 Å². The van der Waals surface area contributed by atoms with Crippen LogP contribution in [0.25, 0.3) is 55.2 Å². The molecule has 2 aliphatic heterocycles. The first-order valence-corrected chi connectivity index (χ1v) is 18.6. The minimum atomic E-state index is -0.0594. The minimum absolute atomic E-state index is 0.0550. The zero-order valence-corrected chi connectivity index (χ0v) is 32.1. The first-order chi connectivity index (χ1) is 28.1. The molecule has 0 saturated carbocycles. The average Bonchev–Trinajstić information content (AvgIpc) is 4.10. The van der Waals surface area contributed by atoms with Crippen molar-refractivity contribution >= 4 is 62.2 Å². The molecule has 2 saturated heterocycles. The molecule has 17 heteroatoms. The van der Waals surface area contributed by atoms with Crippen LogP contribution in [0.1, 0.15) is 24.9 Å². The van der Waals surface area contributed by atoms with Crippen LogP contribution in [0.15, 0.2) is 86.8 Å². The van der Waals surface area contributed by atoms with Crippen molar-refractivity contribution in [3.05, 3.63) is 86.8 Å². The number of aromatic amines is 1. The third kappa shape index (κ3) is 6.65. The number of carbonyl (C=O) groups excluding carboxylic acids is 2. The highest BCUT2D eigenvalue weighted by Crippen LogP contribution is 2.40. The van der Waals surface area contributed by atoms with Crippen LogP contribution >= 0.6 is 0 Å². The molecule has 17 nitrogen and oxygen atoms in total. The summed E-state index contributed by atoms with van der Waals surface area (Å²) in [6, 6.07) is 11.8. The van der Waals surface area contributed by atoms with Gasteiger partial charge < -0.3 is 45.6 Å². The smallest absolute Gasteiger partial charge is 0.246 e. The van der Waals surface area contributed by atoms with Gasteiger partial charge in [-0.05, 0) is 60.4 Å². The Morgan fingerprint density at radius 3 is 1.74 bits per heavy atom. The molecule has 0 spiro atoms. The second-order valence-electron chi connectivity index (χ2n) is 14.1. The fourth-order valence-electron chi connectivity index (χ4n) is 7.98. The first kappa shape index (κ1) is 37.5. The number of likely N-dealkylation sites (tertiary alicyclic amines) is 2. The van der Waals surface area contributed by atoms with E-state index in [1.165, 1.54) is 24.8 Å². The molecule has 2 unspecified atom stereocenters. The third-order valence-corrected chi connectivity index (χ3v) is 10.9. The predicted molar refractivity (Wildman–Crippen MR) is 223 cm³/mol. The number of hydrogen-bond acceptors (Lipinski definition) is 12. The van der Waals surface area contributed by atoms with E-state index in [4.69, 9.17) is 26.7 Å². The Kier molecular flexibility index (Phi) is 9.86. The van der Waals surface area contributed by atoms with E-state index in [1.807, 2.05) is 48.8 Å². The van der Waals surface area contributed by atoms with E-state index in [0.29, 0.717) is 55.1 Å². The summed E-state index contributed by atoms with van der Waals surface area (Å²) in [5.74, 6) is 2.54. The minimum Gasteiger partial charge on any atom is -0.497 e. The fraction of sp³-hybridized carbons (Fsp3) is 0.244. The van der Waals surface area contributed by atoms with E-state index < -0.39 is 0 Å². The molecule has 2 amide bonds. The normalized spacial score (nSPS) is 16.4. The number of benzene rings is 2. The molecule has 5 aromatic heterocycles. The standard InChI is InChI=1S/C21H23N5O3.C20H20N8O/c1-4-18(27)25-6-5-14(10-25)26-11-17(19-20(22)23-12-24-21(19)26)13-7-15(28-2)9-16(8-13)29-3;1-2-16(29)27-6-5-12(8-27)28-9-14(17-19(22)23-10-24-20(17)28)11-3-4-13-15(7-11)25-26-18(13)21/h4,7-9,11-12,14H,1,5-6,10H2,2-3H3,(H2,22,23,24);2-4,7,9-10,12H,1,5-6,8H2,(H3,21,25,26)(H2,22,23,24). The van der Waals surface area contributed by atoms with Gasteiger partial charge in [0.2, 0.25) is 11.8 Å². The van der Waals surface area contributed by atoms with Gasteiger partial charge in [-0.2, -0.15) is 5.10 Å². The van der Waals surface area contributed by atoms with Crippen molar-refractivity contribution in [2.75, 3.05) is 57.6 Å². The van der Waals surface area contributed by atoms with Gasteiger partial charge in [0.25, 0.3) is 0 Å². The third-order valence-electron chi connectivity index (χ3n) is 10.9. The summed E-state index contributed by atoms with van der Waals surface area (Å²) in [6.45, 7) is 9.73. The zero-order valence-electron chi connectivity index (χ0n) is 32.1. The predicted octanol–water partition coefficient (Wildman–Crippen LogP) is 4.76. The van der Waals surface area contributed by atoms with Gasteiger partial charge in [0.05, 0.1) is 42.6 Å². The Morgan fingerprint density at radius 2 is 1.24 bits per heavy atom. The van der Waals surface area contributed by atoms with Crippen LogP contribution in [0.2, 0.25) is 0 Å². The van der Waals surface area contributed by atoms with Gasteiger partial charge in [-0.3, -0.25) is 14.7 Å². The number of rotatable bonds is 8. The van der Waals surface area contributed by atoms with Crippen LogP contribution in [0.3, 0.4) is 0 Å². The van der Waals surface area contributed by atoms with Crippen LogP contribution in [0.5, 0.6) is 11.5 Å². The molecule has 7 N–H and O–H groups in total. The summed E-state index contributed by atoms with van der Waals surface area (Å²) in [5.41, 5.74) is 24.4. The summed E-state index contributed by atoms with van der Waals surface area (Å²) >= 11 is 0. The number of amides is 2. The van der Waals surface area contributed by atoms with Crippen molar-refractivity contribution in [2.45, 2.75) is 24.9 Å². The van der Waals surface area contributed by atoms with Crippen molar-refractivity contribution in [3.63, 3.8) is 0 Å². The van der Waals surface area contributed by atoms with Crippen LogP contribution < -0.4 is 26.7 Å². The molecule has 2 atom stereocenters. The van der Waals surface area contributed by atoms with E-state index in [2.05, 4.69) is 52.4 Å². The number of nitrogens with two attached hydrogens (primary N) is 3. The van der Waals surface area contributed by atoms with Gasteiger partial charge in [-0.15, -0.1) is 0 Å². The SMILES string of the molecule is C=CC(=O)N1CCC(n2cc(-c3cc(OC)cc(OC)c3)c3c(N)ncnc32)C1.C=CC(=O)N1CCC(n2cc(-c3ccc4c(N)n[nH]c4c3)c3c(N)ncnc32)C1. The lowest BCUT2D eigenvalue weighted by Crippen LogP contribution is -2.27. The highest BCUT2D eigenvalue weighted by Gasteiger charge is 2.30. The van der Waals surface area contributed by atoms with Gasteiger partial charge in [0, 0.05) is 61.2 Å². The van der Waals surface area contributed by atoms with Gasteiger partial charge in [-0.25, -0.2) is 19.9 Å². The number of ether oxygens (including phenoxy) is 2. The molecule has 0 aliphatic carbocycles. The van der Waals surface area contributed by atoms with Crippen molar-refractivity contribution < 1.29 is 19.1 Å². The second-order valence-corrected chi connectivity index (χ2v) is 14.1. The van der Waals surface area contributed by atoms with Crippen molar-refractivity contribution in [1.29, 1.82) is 0 Å². The molecule has 296 valence electrons. The number of nitrogens with one attached hydrogen (secondary N) is 1. The Balaban J connectivity index is 0.000000162. The van der Waals surface area contributed by atoms with Crippen molar-refractivity contribution in [2.24, 2.45) is 0 Å². The van der Waals surface area contributed by atoms with Gasteiger partial charge in [0.1, 0.15) is 47.1 Å². The lowest BCUT2D eigenvalue weighted by atomic mass is 10.0. The van der Waals surface area contributed by atoms with Crippen molar-refractivity contribution in [1.82, 2.24) is 49.1 Å². The number of hydrogen-bond donors (Lipinski definition) is 4. The number of methoxy groups -OCH3 is 2. The van der Waals surface area contributed by atoms with Crippen LogP contribution in [0, 0.1) is 0 Å². The number of carbonyl (C=O) groups is 2. The van der Waals surface area contributed by atoms with E-state index in [9.17, 15) is 9.59 Å². The molecular weight excluding hydrogens is 739 g/mol. The molecule has 58 heavy (non-hydrogen) atoms. The molecule has 0 radical (unpaired) electrons. The maximum absolute atomic E-state index is 12.0. The van der Waals surface area contributed by atoms with E-state index in [1.54, 1.807) is 24.0 Å². The van der Waals surface area contributed by atoms with Gasteiger partial charge in [-0.1, -0.05) is 19.2 Å². The summed E-state index contributed by atoms with van der Waals surface area (Å²) in [4.78, 5) is 45.0. The van der Waals surface area contributed by atoms with Crippen LogP contribution in [-0.2, 0) is 9.59 Å². The number of nitrogen functional groups attached to an aromatic ring is 3. The first-order valence-electron chi connectivity index (χ1n) is 18.6. The largest absolute Gasteiger partial charge is 0.497 e. The zero-order chi connectivity index (χ0) is 40.7. The topological polar surface area (TPSA) is 227 Å². The maximum atomic E-state index is 12.0. The molecule has 2 fully saturated rings. The van der Waals surface area contributed by atoms with Crippen molar-refractivity contribution in [3.8, 4) is 33.8 Å². The molecule has 0 bridgehead atoms. The Bertz CT molecular complexity index is 2710. The summed E-state index contributed by atoms with van der Waals surface area (Å²) in [5, 5.41) is 9.46. The summed E-state index contributed by atoms with van der Waals surface area (Å²) in [7, 11) is 3.23. The maximum Gasteiger partial charge on any atom is 0.246 e. The molecule has 7 heterocycles. The van der Waals surface area contributed by atoms with E-state index in [0.717, 1.165) is 68.1 Å². The monoisotopic (exact) mass is 781 g/mol. The highest BCUT2D eigenvalue weighted by molar-refractivity contribution is 6.03. The van der Waals surface area contributed by atoms with Crippen LogP contribution in [0.4, 0.5) is 17.5 Å². The second kappa shape index (κ2) is 15.2. The van der Waals surface area contributed by atoms with E-state index in [-0.39, 0.29) is 23.9 Å².